The molecule has 0 aromatic heterocycles. The number of ether oxygens (including phenoxy) is 1. The third-order valence-electron chi connectivity index (χ3n) is 7.59. The molecule has 1 unspecified atom stereocenters. The van der Waals surface area contributed by atoms with Gasteiger partial charge in [0.2, 0.25) is 0 Å². The molecule has 1 N–H and O–H groups in total. The topological polar surface area (TPSA) is 63.6 Å². The maximum absolute atomic E-state index is 11.8. The van der Waals surface area contributed by atoms with E-state index in [9.17, 15) is 9.59 Å². The van der Waals surface area contributed by atoms with E-state index >= 15 is 0 Å². The minimum Gasteiger partial charge on any atom is -0.481 e. The number of carboxylic acids is 1. The van der Waals surface area contributed by atoms with E-state index in [4.69, 9.17) is 9.84 Å². The Bertz CT molecular complexity index is 540. The summed E-state index contributed by atoms with van der Waals surface area (Å²) < 4.78 is 5.93. The average molecular weight is 367 g/mol. The molecule has 0 saturated heterocycles. The highest BCUT2D eigenvalue weighted by atomic mass is 16.6. The zero-order valence-corrected chi connectivity index (χ0v) is 17.6. The number of carboxylic acid groups (broad SMARTS) is 1. The number of carbonyl (C=O) groups is 2. The molecular weight excluding hydrogens is 328 g/mol. The number of hydrogen-bond acceptors (Lipinski definition) is 3. The summed E-state index contributed by atoms with van der Waals surface area (Å²) >= 11 is 0. The van der Waals surface area contributed by atoms with Crippen LogP contribution in [0.1, 0.15) is 92.9 Å². The molecule has 0 aromatic rings. The SMILES string of the molecule is CC(=O)O[C@]1(C)CCC2C(C)(C)CCC[C@]2(C)[C@H]1CC[C@H](C)CC(=O)O. The Balaban J connectivity index is 2.29. The van der Waals surface area contributed by atoms with E-state index in [-0.39, 0.29) is 29.6 Å². The normalized spacial score (nSPS) is 37.5. The summed E-state index contributed by atoms with van der Waals surface area (Å²) in [6.07, 6.45) is 7.69. The first-order valence-corrected chi connectivity index (χ1v) is 10.3. The van der Waals surface area contributed by atoms with Gasteiger partial charge in [-0.3, -0.25) is 9.59 Å². The van der Waals surface area contributed by atoms with Crippen molar-refractivity contribution in [2.45, 2.75) is 98.5 Å². The Morgan fingerprint density at radius 3 is 2.38 bits per heavy atom. The molecule has 5 atom stereocenters. The molecule has 0 aliphatic heterocycles. The van der Waals surface area contributed by atoms with Gasteiger partial charge in [0.25, 0.3) is 0 Å². The Morgan fingerprint density at radius 2 is 1.81 bits per heavy atom. The van der Waals surface area contributed by atoms with E-state index < -0.39 is 11.6 Å². The molecular formula is C22H38O4. The minimum atomic E-state index is -0.730. The molecule has 2 aliphatic carbocycles. The van der Waals surface area contributed by atoms with E-state index in [1.807, 2.05) is 6.92 Å². The summed E-state index contributed by atoms with van der Waals surface area (Å²) in [5.74, 6) is 0.135. The molecule has 26 heavy (non-hydrogen) atoms. The van der Waals surface area contributed by atoms with Gasteiger partial charge in [0.15, 0.2) is 0 Å². The highest BCUT2D eigenvalue weighted by molar-refractivity contribution is 5.67. The lowest BCUT2D eigenvalue weighted by atomic mass is 9.45. The van der Waals surface area contributed by atoms with Gasteiger partial charge in [0, 0.05) is 19.3 Å². The first-order valence-electron chi connectivity index (χ1n) is 10.3. The molecule has 0 heterocycles. The predicted octanol–water partition coefficient (Wildman–Crippen LogP) is 5.44. The lowest BCUT2D eigenvalue weighted by Crippen LogP contribution is -2.58. The fourth-order valence-corrected chi connectivity index (χ4v) is 6.54. The zero-order chi connectivity index (χ0) is 19.8. The van der Waals surface area contributed by atoms with Crippen molar-refractivity contribution in [3.8, 4) is 0 Å². The van der Waals surface area contributed by atoms with Gasteiger partial charge in [-0.1, -0.05) is 34.1 Å². The summed E-state index contributed by atoms with van der Waals surface area (Å²) in [6, 6.07) is 0. The van der Waals surface area contributed by atoms with Crippen LogP contribution < -0.4 is 0 Å². The minimum absolute atomic E-state index is 0.146. The molecule has 2 saturated carbocycles. The summed E-state index contributed by atoms with van der Waals surface area (Å²) in [7, 11) is 0. The van der Waals surface area contributed by atoms with E-state index in [0.717, 1.165) is 25.7 Å². The number of fused-ring (bicyclic) bond motifs is 1. The molecule has 0 bridgehead atoms. The van der Waals surface area contributed by atoms with Crippen LogP contribution in [0.4, 0.5) is 0 Å². The maximum atomic E-state index is 11.8. The van der Waals surface area contributed by atoms with E-state index in [1.165, 1.54) is 26.2 Å². The first-order chi connectivity index (χ1) is 11.9. The number of carbonyl (C=O) groups excluding carboxylic acids is 1. The second-order valence-corrected chi connectivity index (χ2v) is 10.2. The zero-order valence-electron chi connectivity index (χ0n) is 17.6. The summed E-state index contributed by atoms with van der Waals surface area (Å²) in [5.41, 5.74) is 0.0239. The van der Waals surface area contributed by atoms with E-state index in [0.29, 0.717) is 11.3 Å². The summed E-state index contributed by atoms with van der Waals surface area (Å²) in [4.78, 5) is 22.9. The monoisotopic (exact) mass is 366 g/mol. The second-order valence-electron chi connectivity index (χ2n) is 10.2. The highest BCUT2D eigenvalue weighted by Crippen LogP contribution is 2.63. The molecule has 0 aromatic carbocycles. The van der Waals surface area contributed by atoms with Crippen LogP contribution in [0.25, 0.3) is 0 Å². The largest absolute Gasteiger partial charge is 0.481 e. The Hall–Kier alpha value is -1.06. The van der Waals surface area contributed by atoms with Crippen LogP contribution in [0.5, 0.6) is 0 Å². The number of hydrogen-bond donors (Lipinski definition) is 1. The van der Waals surface area contributed by atoms with Crippen molar-refractivity contribution in [3.63, 3.8) is 0 Å². The van der Waals surface area contributed by atoms with Crippen molar-refractivity contribution in [2.24, 2.45) is 28.6 Å². The van der Waals surface area contributed by atoms with Crippen molar-refractivity contribution in [1.29, 1.82) is 0 Å². The van der Waals surface area contributed by atoms with Gasteiger partial charge >= 0.3 is 11.9 Å². The highest BCUT2D eigenvalue weighted by Gasteiger charge is 2.59. The lowest BCUT2D eigenvalue weighted by molar-refractivity contribution is -0.199. The van der Waals surface area contributed by atoms with Gasteiger partial charge in [0.05, 0.1) is 0 Å². The smallest absolute Gasteiger partial charge is 0.303 e. The number of esters is 1. The fourth-order valence-electron chi connectivity index (χ4n) is 6.54. The van der Waals surface area contributed by atoms with Crippen LogP contribution >= 0.6 is 0 Å². The van der Waals surface area contributed by atoms with Crippen molar-refractivity contribution in [1.82, 2.24) is 0 Å². The number of rotatable bonds is 6. The molecule has 2 aliphatic rings. The maximum Gasteiger partial charge on any atom is 0.303 e. The van der Waals surface area contributed by atoms with Gasteiger partial charge in [-0.05, 0) is 68.1 Å². The van der Waals surface area contributed by atoms with E-state index in [2.05, 4.69) is 27.7 Å². The molecule has 0 amide bonds. The Morgan fingerprint density at radius 1 is 1.15 bits per heavy atom. The van der Waals surface area contributed by atoms with Crippen LogP contribution in [0.15, 0.2) is 0 Å². The van der Waals surface area contributed by atoms with Crippen molar-refractivity contribution in [2.75, 3.05) is 0 Å². The first kappa shape index (κ1) is 21.2. The summed E-state index contributed by atoms with van der Waals surface area (Å²) in [5, 5.41) is 9.08. The third-order valence-corrected chi connectivity index (χ3v) is 7.59. The van der Waals surface area contributed by atoms with Gasteiger partial charge in [-0.2, -0.15) is 0 Å². The Labute approximate surface area is 159 Å². The van der Waals surface area contributed by atoms with Gasteiger partial charge < -0.3 is 9.84 Å². The van der Waals surface area contributed by atoms with Crippen LogP contribution in [0.3, 0.4) is 0 Å². The predicted molar refractivity (Wildman–Crippen MR) is 103 cm³/mol. The lowest BCUT2D eigenvalue weighted by Gasteiger charge is -2.62. The molecule has 2 rings (SSSR count). The molecule has 0 spiro atoms. The standard InChI is InChI=1S/C22H38O4/c1-15(14-19(24)25)8-9-18-21(5)12-7-11-20(3,4)17(21)10-13-22(18,6)26-16(2)23/h15,17-18H,7-14H2,1-6H3,(H,24,25)/t15-,17?,18+,21-,22+/m0/s1. The second kappa shape index (κ2) is 7.52. The molecule has 150 valence electrons. The van der Waals surface area contributed by atoms with Crippen molar-refractivity contribution >= 4 is 11.9 Å². The summed E-state index contributed by atoms with van der Waals surface area (Å²) in [6.45, 7) is 12.8. The average Bonchev–Trinajstić information content (AvgIpc) is 2.43. The van der Waals surface area contributed by atoms with E-state index in [1.54, 1.807) is 0 Å². The van der Waals surface area contributed by atoms with Crippen LogP contribution in [-0.4, -0.2) is 22.6 Å². The van der Waals surface area contributed by atoms with Crippen LogP contribution in [0, 0.1) is 28.6 Å². The Kier molecular flexibility index (Phi) is 6.14. The van der Waals surface area contributed by atoms with Gasteiger partial charge in [0.1, 0.15) is 5.60 Å². The number of aliphatic carboxylic acids is 1. The van der Waals surface area contributed by atoms with Crippen LogP contribution in [0.2, 0.25) is 0 Å². The molecule has 4 heteroatoms. The van der Waals surface area contributed by atoms with Crippen molar-refractivity contribution in [3.05, 3.63) is 0 Å². The van der Waals surface area contributed by atoms with Gasteiger partial charge in [-0.15, -0.1) is 0 Å². The quantitative estimate of drug-likeness (QED) is 0.636. The van der Waals surface area contributed by atoms with Crippen molar-refractivity contribution < 1.29 is 19.4 Å². The van der Waals surface area contributed by atoms with Gasteiger partial charge in [-0.25, -0.2) is 0 Å². The fraction of sp³-hybridized carbons (Fsp3) is 0.909. The molecule has 0 radical (unpaired) electrons. The third kappa shape index (κ3) is 4.26. The van der Waals surface area contributed by atoms with Crippen LogP contribution in [-0.2, 0) is 14.3 Å². The molecule has 2 fully saturated rings. The molecule has 4 nitrogen and oxygen atoms in total.